The SMILES string of the molecule is COc1ccc(CCC(C)C=NCc2ccccc2C(=O)O)cc1. The summed E-state index contributed by atoms with van der Waals surface area (Å²) in [5, 5.41) is 9.16. The number of aromatic carboxylic acids is 1. The summed E-state index contributed by atoms with van der Waals surface area (Å²) >= 11 is 0. The summed E-state index contributed by atoms with van der Waals surface area (Å²) in [5.74, 6) is 0.294. The number of hydrogen-bond acceptors (Lipinski definition) is 3. The van der Waals surface area contributed by atoms with E-state index in [1.54, 1.807) is 19.2 Å². The molecule has 1 unspecified atom stereocenters. The minimum Gasteiger partial charge on any atom is -0.497 e. The van der Waals surface area contributed by atoms with E-state index in [2.05, 4.69) is 24.0 Å². The minimum atomic E-state index is -0.909. The first-order chi connectivity index (χ1) is 11.6. The topological polar surface area (TPSA) is 58.9 Å². The van der Waals surface area contributed by atoms with Crippen LogP contribution in [0, 0.1) is 5.92 Å². The van der Waals surface area contributed by atoms with Crippen molar-refractivity contribution >= 4 is 12.2 Å². The molecule has 2 rings (SSSR count). The number of aliphatic imine (C=N–C) groups is 1. The van der Waals surface area contributed by atoms with Crippen molar-refractivity contribution in [2.45, 2.75) is 26.3 Å². The molecule has 0 aliphatic carbocycles. The summed E-state index contributed by atoms with van der Waals surface area (Å²) in [5.41, 5.74) is 2.33. The molecular formula is C20H23NO3. The normalized spacial score (nSPS) is 12.2. The van der Waals surface area contributed by atoms with E-state index in [1.165, 1.54) is 5.56 Å². The molecule has 2 aromatic rings. The number of hydrogen-bond donors (Lipinski definition) is 1. The van der Waals surface area contributed by atoms with Gasteiger partial charge in [-0.05, 0) is 48.1 Å². The number of rotatable bonds is 8. The van der Waals surface area contributed by atoms with E-state index in [0.717, 1.165) is 24.2 Å². The molecule has 126 valence electrons. The van der Waals surface area contributed by atoms with Crippen molar-refractivity contribution in [1.82, 2.24) is 0 Å². The first kappa shape index (κ1) is 17.7. The Hall–Kier alpha value is -2.62. The van der Waals surface area contributed by atoms with Crippen molar-refractivity contribution in [3.05, 3.63) is 65.2 Å². The third-order valence-electron chi connectivity index (χ3n) is 3.92. The second kappa shape index (κ2) is 8.87. The Kier molecular flexibility index (Phi) is 6.55. The molecule has 0 spiro atoms. The van der Waals surface area contributed by atoms with Crippen LogP contribution in [0.5, 0.6) is 5.75 Å². The largest absolute Gasteiger partial charge is 0.497 e. The van der Waals surface area contributed by atoms with Crippen molar-refractivity contribution < 1.29 is 14.6 Å². The predicted molar refractivity (Wildman–Crippen MR) is 96.1 cm³/mol. The third kappa shape index (κ3) is 5.23. The van der Waals surface area contributed by atoms with Gasteiger partial charge in [-0.25, -0.2) is 4.79 Å². The number of carboxylic acid groups (broad SMARTS) is 1. The Labute approximate surface area is 142 Å². The fraction of sp³-hybridized carbons (Fsp3) is 0.300. The molecule has 2 aromatic carbocycles. The van der Waals surface area contributed by atoms with Gasteiger partial charge < -0.3 is 9.84 Å². The standard InChI is InChI=1S/C20H23NO3/c1-15(7-8-16-9-11-18(24-2)12-10-16)13-21-14-17-5-3-4-6-19(17)20(22)23/h3-6,9-13,15H,7-8,14H2,1-2H3,(H,22,23). The van der Waals surface area contributed by atoms with Crippen molar-refractivity contribution in [2.75, 3.05) is 7.11 Å². The first-order valence-electron chi connectivity index (χ1n) is 8.04. The average Bonchev–Trinajstić information content (AvgIpc) is 2.60. The molecule has 0 saturated carbocycles. The third-order valence-corrected chi connectivity index (χ3v) is 3.92. The van der Waals surface area contributed by atoms with Crippen LogP contribution in [0.25, 0.3) is 0 Å². The lowest BCUT2D eigenvalue weighted by Crippen LogP contribution is -2.03. The second-order valence-electron chi connectivity index (χ2n) is 5.82. The van der Waals surface area contributed by atoms with E-state index in [-0.39, 0.29) is 0 Å². The molecule has 4 heteroatoms. The molecular weight excluding hydrogens is 302 g/mol. The molecule has 0 saturated heterocycles. The van der Waals surface area contributed by atoms with Crippen LogP contribution < -0.4 is 4.74 Å². The number of aryl methyl sites for hydroxylation is 1. The lowest BCUT2D eigenvalue weighted by atomic mass is 10.0. The van der Waals surface area contributed by atoms with Gasteiger partial charge in [0.05, 0.1) is 19.2 Å². The van der Waals surface area contributed by atoms with Gasteiger partial charge in [0.2, 0.25) is 0 Å². The maximum Gasteiger partial charge on any atom is 0.336 e. The van der Waals surface area contributed by atoms with Crippen LogP contribution in [-0.2, 0) is 13.0 Å². The van der Waals surface area contributed by atoms with Gasteiger partial charge in [-0.2, -0.15) is 0 Å². The van der Waals surface area contributed by atoms with Crippen LogP contribution in [0.3, 0.4) is 0 Å². The molecule has 0 amide bonds. The van der Waals surface area contributed by atoms with Crippen LogP contribution in [-0.4, -0.2) is 24.4 Å². The molecule has 0 bridgehead atoms. The smallest absolute Gasteiger partial charge is 0.336 e. The van der Waals surface area contributed by atoms with Crippen molar-refractivity contribution in [3.63, 3.8) is 0 Å². The van der Waals surface area contributed by atoms with Crippen LogP contribution in [0.1, 0.15) is 34.8 Å². The summed E-state index contributed by atoms with van der Waals surface area (Å²) in [6.07, 6.45) is 3.89. The van der Waals surface area contributed by atoms with E-state index in [1.807, 2.05) is 30.5 Å². The summed E-state index contributed by atoms with van der Waals surface area (Å²) in [6, 6.07) is 15.1. The van der Waals surface area contributed by atoms with Gasteiger partial charge in [0, 0.05) is 6.21 Å². The maximum absolute atomic E-state index is 11.2. The number of benzene rings is 2. The highest BCUT2D eigenvalue weighted by atomic mass is 16.5. The zero-order valence-electron chi connectivity index (χ0n) is 14.1. The van der Waals surface area contributed by atoms with E-state index >= 15 is 0 Å². The molecule has 0 aliphatic rings. The summed E-state index contributed by atoms with van der Waals surface area (Å²) in [7, 11) is 1.66. The summed E-state index contributed by atoms with van der Waals surface area (Å²) in [6.45, 7) is 2.52. The molecule has 24 heavy (non-hydrogen) atoms. The van der Waals surface area contributed by atoms with Gasteiger partial charge >= 0.3 is 5.97 Å². The van der Waals surface area contributed by atoms with E-state index in [9.17, 15) is 4.79 Å². The van der Waals surface area contributed by atoms with Gasteiger partial charge in [0.25, 0.3) is 0 Å². The van der Waals surface area contributed by atoms with Crippen LogP contribution >= 0.6 is 0 Å². The van der Waals surface area contributed by atoms with Crippen molar-refractivity contribution in [1.29, 1.82) is 0 Å². The molecule has 0 heterocycles. The van der Waals surface area contributed by atoms with E-state index < -0.39 is 5.97 Å². The summed E-state index contributed by atoms with van der Waals surface area (Å²) < 4.78 is 5.15. The monoisotopic (exact) mass is 325 g/mol. The zero-order valence-corrected chi connectivity index (χ0v) is 14.1. The van der Waals surface area contributed by atoms with E-state index in [4.69, 9.17) is 9.84 Å². The lowest BCUT2D eigenvalue weighted by Gasteiger charge is -2.07. The second-order valence-corrected chi connectivity index (χ2v) is 5.82. The highest BCUT2D eigenvalue weighted by Gasteiger charge is 2.07. The van der Waals surface area contributed by atoms with Gasteiger partial charge in [0.15, 0.2) is 0 Å². The lowest BCUT2D eigenvalue weighted by molar-refractivity contribution is 0.0695. The number of methoxy groups -OCH3 is 1. The van der Waals surface area contributed by atoms with E-state index in [0.29, 0.717) is 18.0 Å². The Bertz CT molecular complexity index is 692. The highest BCUT2D eigenvalue weighted by molar-refractivity contribution is 5.89. The Morgan fingerprint density at radius 1 is 1.21 bits per heavy atom. The van der Waals surface area contributed by atoms with Gasteiger partial charge in [-0.1, -0.05) is 37.3 Å². The Morgan fingerprint density at radius 2 is 1.92 bits per heavy atom. The van der Waals surface area contributed by atoms with Crippen LogP contribution in [0.4, 0.5) is 0 Å². The predicted octanol–water partition coefficient (Wildman–Crippen LogP) is 4.23. The molecule has 0 aromatic heterocycles. The molecule has 4 nitrogen and oxygen atoms in total. The maximum atomic E-state index is 11.2. The average molecular weight is 325 g/mol. The minimum absolute atomic E-state index is 0.320. The fourth-order valence-electron chi connectivity index (χ4n) is 2.46. The number of carbonyl (C=O) groups is 1. The Balaban J connectivity index is 1.84. The Morgan fingerprint density at radius 3 is 2.58 bits per heavy atom. The van der Waals surface area contributed by atoms with Crippen molar-refractivity contribution in [2.24, 2.45) is 10.9 Å². The number of carboxylic acids is 1. The van der Waals surface area contributed by atoms with Crippen molar-refractivity contribution in [3.8, 4) is 5.75 Å². The van der Waals surface area contributed by atoms with Crippen LogP contribution in [0.15, 0.2) is 53.5 Å². The zero-order chi connectivity index (χ0) is 17.4. The molecule has 1 N–H and O–H groups in total. The first-order valence-corrected chi connectivity index (χ1v) is 8.04. The number of nitrogens with zero attached hydrogens (tertiary/aromatic N) is 1. The van der Waals surface area contributed by atoms with Gasteiger partial charge in [-0.3, -0.25) is 4.99 Å². The van der Waals surface area contributed by atoms with Gasteiger partial charge in [-0.15, -0.1) is 0 Å². The molecule has 0 fully saturated rings. The fourth-order valence-corrected chi connectivity index (χ4v) is 2.46. The quantitative estimate of drug-likeness (QED) is 0.739. The molecule has 0 radical (unpaired) electrons. The highest BCUT2D eigenvalue weighted by Crippen LogP contribution is 2.15. The molecule has 0 aliphatic heterocycles. The summed E-state index contributed by atoms with van der Waals surface area (Å²) in [4.78, 5) is 15.6. The van der Waals surface area contributed by atoms with Gasteiger partial charge in [0.1, 0.15) is 5.75 Å². The van der Waals surface area contributed by atoms with Crippen LogP contribution in [0.2, 0.25) is 0 Å². The molecule has 1 atom stereocenters. The number of ether oxygens (including phenoxy) is 1.